The van der Waals surface area contributed by atoms with E-state index >= 15 is 0 Å². The third-order valence-electron chi connectivity index (χ3n) is 5.13. The molecule has 4 rings (SSSR count). The number of fused-ring (bicyclic) bond motifs is 1. The largest absolute Gasteiger partial charge is 0.449 e. The van der Waals surface area contributed by atoms with E-state index in [-0.39, 0.29) is 29.0 Å². The zero-order valence-electron chi connectivity index (χ0n) is 15.6. The highest BCUT2D eigenvalue weighted by molar-refractivity contribution is 7.91. The van der Waals surface area contributed by atoms with Crippen LogP contribution in [0.15, 0.2) is 48.5 Å². The SMILES string of the molecule is O=C(N[C@H](c1ccccc1)c1ccc2nc(C(F)(F)F)[nH]c2c1)[C@@H]1CCS(=O)(=O)C1. The molecule has 3 aromatic rings. The van der Waals surface area contributed by atoms with Gasteiger partial charge < -0.3 is 10.3 Å². The molecule has 0 spiro atoms. The fourth-order valence-electron chi connectivity index (χ4n) is 3.61. The number of amides is 1. The number of hydrogen-bond acceptors (Lipinski definition) is 4. The number of benzene rings is 2. The number of imidazole rings is 1. The lowest BCUT2D eigenvalue weighted by Gasteiger charge is -2.21. The number of rotatable bonds is 4. The Labute approximate surface area is 170 Å². The summed E-state index contributed by atoms with van der Waals surface area (Å²) in [5.41, 5.74) is 1.63. The molecule has 158 valence electrons. The molecule has 6 nitrogen and oxygen atoms in total. The Morgan fingerprint density at radius 3 is 2.50 bits per heavy atom. The summed E-state index contributed by atoms with van der Waals surface area (Å²) in [5, 5.41) is 2.87. The number of carbonyl (C=O) groups excluding carboxylic acids is 1. The van der Waals surface area contributed by atoms with Gasteiger partial charge in [0.1, 0.15) is 0 Å². The minimum absolute atomic E-state index is 0.0264. The minimum Gasteiger partial charge on any atom is -0.345 e. The zero-order chi connectivity index (χ0) is 21.5. The molecule has 2 atom stereocenters. The molecule has 10 heteroatoms. The fraction of sp³-hybridized carbons (Fsp3) is 0.300. The normalized spacial score (nSPS) is 19.6. The standard InChI is InChI=1S/C20H18F3N3O3S/c21-20(22,23)19-24-15-7-6-13(10-16(15)25-19)17(12-4-2-1-3-5-12)26-18(27)14-8-9-30(28,29)11-14/h1-7,10,14,17H,8-9,11H2,(H,24,25)(H,26,27)/t14-,17-/m1/s1. The number of hydrogen-bond donors (Lipinski definition) is 2. The highest BCUT2D eigenvalue weighted by Crippen LogP contribution is 2.31. The van der Waals surface area contributed by atoms with Crippen molar-refractivity contribution in [3.63, 3.8) is 0 Å². The minimum atomic E-state index is -4.60. The first-order valence-electron chi connectivity index (χ1n) is 9.25. The van der Waals surface area contributed by atoms with Crippen LogP contribution in [0.4, 0.5) is 13.2 Å². The van der Waals surface area contributed by atoms with Crippen molar-refractivity contribution in [3.8, 4) is 0 Å². The predicted octanol–water partition coefficient (Wildman–Crippen LogP) is 3.22. The smallest absolute Gasteiger partial charge is 0.345 e. The van der Waals surface area contributed by atoms with Crippen LogP contribution < -0.4 is 5.32 Å². The monoisotopic (exact) mass is 437 g/mol. The van der Waals surface area contributed by atoms with Gasteiger partial charge in [-0.15, -0.1) is 0 Å². The molecule has 2 heterocycles. The van der Waals surface area contributed by atoms with Crippen molar-refractivity contribution in [1.29, 1.82) is 0 Å². The van der Waals surface area contributed by atoms with Crippen molar-refractivity contribution < 1.29 is 26.4 Å². The lowest BCUT2D eigenvalue weighted by molar-refractivity contribution is -0.144. The third kappa shape index (κ3) is 4.18. The van der Waals surface area contributed by atoms with E-state index < -0.39 is 39.7 Å². The molecule has 0 unspecified atom stereocenters. The van der Waals surface area contributed by atoms with Crippen molar-refractivity contribution in [2.75, 3.05) is 11.5 Å². The van der Waals surface area contributed by atoms with Gasteiger partial charge in [0.25, 0.3) is 0 Å². The maximum atomic E-state index is 13.0. The maximum absolute atomic E-state index is 13.0. The summed E-state index contributed by atoms with van der Waals surface area (Å²) in [6, 6.07) is 12.9. The Morgan fingerprint density at radius 1 is 1.13 bits per heavy atom. The van der Waals surface area contributed by atoms with Crippen molar-refractivity contribution in [1.82, 2.24) is 15.3 Å². The summed E-state index contributed by atoms with van der Waals surface area (Å²) < 4.78 is 62.3. The quantitative estimate of drug-likeness (QED) is 0.656. The topological polar surface area (TPSA) is 91.9 Å². The van der Waals surface area contributed by atoms with Gasteiger partial charge in [0, 0.05) is 0 Å². The summed E-state index contributed by atoms with van der Waals surface area (Å²) in [6.07, 6.45) is -4.34. The molecule has 0 radical (unpaired) electrons. The van der Waals surface area contributed by atoms with E-state index in [0.717, 1.165) is 5.56 Å². The number of carbonyl (C=O) groups is 1. The number of nitrogens with zero attached hydrogens (tertiary/aromatic N) is 1. The van der Waals surface area contributed by atoms with Crippen molar-refractivity contribution >= 4 is 26.8 Å². The van der Waals surface area contributed by atoms with Crippen LogP contribution in [0.3, 0.4) is 0 Å². The number of halogens is 3. The van der Waals surface area contributed by atoms with Crippen molar-refractivity contribution in [3.05, 3.63) is 65.5 Å². The van der Waals surface area contributed by atoms with Crippen LogP contribution in [0.2, 0.25) is 0 Å². The molecular formula is C20H18F3N3O3S. The van der Waals surface area contributed by atoms with Crippen LogP contribution in [-0.2, 0) is 20.8 Å². The third-order valence-corrected chi connectivity index (χ3v) is 6.90. The van der Waals surface area contributed by atoms with E-state index in [1.807, 2.05) is 0 Å². The van der Waals surface area contributed by atoms with Gasteiger partial charge in [-0.1, -0.05) is 36.4 Å². The fourth-order valence-corrected chi connectivity index (χ4v) is 5.35. The van der Waals surface area contributed by atoms with Gasteiger partial charge in [-0.2, -0.15) is 13.2 Å². The number of alkyl halides is 3. The summed E-state index contributed by atoms with van der Waals surface area (Å²) in [6.45, 7) is 0. The number of aromatic amines is 1. The highest BCUT2D eigenvalue weighted by Gasteiger charge is 2.36. The first-order chi connectivity index (χ1) is 14.1. The number of nitrogens with one attached hydrogen (secondary N) is 2. The number of sulfone groups is 1. The summed E-state index contributed by atoms with van der Waals surface area (Å²) in [5.74, 6) is -2.36. The predicted molar refractivity (Wildman–Crippen MR) is 104 cm³/mol. The molecule has 1 aliphatic rings. The lowest BCUT2D eigenvalue weighted by atomic mass is 9.97. The second-order valence-corrected chi connectivity index (χ2v) is 9.54. The summed E-state index contributed by atoms with van der Waals surface area (Å²) >= 11 is 0. The van der Waals surface area contributed by atoms with E-state index in [2.05, 4.69) is 15.3 Å². The lowest BCUT2D eigenvalue weighted by Crippen LogP contribution is -2.35. The average molecular weight is 437 g/mol. The van der Waals surface area contributed by atoms with Crippen molar-refractivity contribution in [2.24, 2.45) is 5.92 Å². The molecule has 1 fully saturated rings. The summed E-state index contributed by atoms with van der Waals surface area (Å²) in [7, 11) is -3.23. The van der Waals surface area contributed by atoms with Gasteiger partial charge in [-0.25, -0.2) is 13.4 Å². The van der Waals surface area contributed by atoms with Crippen LogP contribution in [0, 0.1) is 5.92 Å². The van der Waals surface area contributed by atoms with Gasteiger partial charge >= 0.3 is 6.18 Å². The van der Waals surface area contributed by atoms with E-state index in [1.165, 1.54) is 12.1 Å². The van der Waals surface area contributed by atoms with E-state index in [0.29, 0.717) is 5.56 Å². The molecule has 1 amide bonds. The first kappa shape index (κ1) is 20.4. The molecule has 2 N–H and O–H groups in total. The second kappa shape index (κ2) is 7.42. The number of aromatic nitrogens is 2. The van der Waals surface area contributed by atoms with Gasteiger partial charge in [0.15, 0.2) is 9.84 Å². The Kier molecular flexibility index (Phi) is 5.05. The van der Waals surface area contributed by atoms with Crippen LogP contribution in [0.1, 0.15) is 29.4 Å². The second-order valence-electron chi connectivity index (χ2n) is 7.31. The molecule has 2 aromatic carbocycles. The van der Waals surface area contributed by atoms with Crippen LogP contribution in [0.5, 0.6) is 0 Å². The summed E-state index contributed by atoms with van der Waals surface area (Å²) in [4.78, 5) is 18.6. The Morgan fingerprint density at radius 2 is 1.87 bits per heavy atom. The molecule has 30 heavy (non-hydrogen) atoms. The highest BCUT2D eigenvalue weighted by atomic mass is 32.2. The van der Waals surface area contributed by atoms with Crippen LogP contribution in [-0.4, -0.2) is 35.8 Å². The van der Waals surface area contributed by atoms with Gasteiger partial charge in [-0.3, -0.25) is 4.79 Å². The Bertz CT molecular complexity index is 1190. The van der Waals surface area contributed by atoms with Crippen LogP contribution >= 0.6 is 0 Å². The van der Waals surface area contributed by atoms with E-state index in [1.54, 1.807) is 36.4 Å². The van der Waals surface area contributed by atoms with Gasteiger partial charge in [-0.05, 0) is 29.7 Å². The van der Waals surface area contributed by atoms with Crippen LogP contribution in [0.25, 0.3) is 11.0 Å². The molecular weight excluding hydrogens is 419 g/mol. The Balaban J connectivity index is 1.69. The van der Waals surface area contributed by atoms with E-state index in [4.69, 9.17) is 0 Å². The molecule has 0 aliphatic carbocycles. The van der Waals surface area contributed by atoms with E-state index in [9.17, 15) is 26.4 Å². The van der Waals surface area contributed by atoms with Gasteiger partial charge in [0.2, 0.25) is 11.7 Å². The van der Waals surface area contributed by atoms with Gasteiger partial charge in [0.05, 0.1) is 34.5 Å². The molecule has 1 aliphatic heterocycles. The molecule has 1 saturated heterocycles. The zero-order valence-corrected chi connectivity index (χ0v) is 16.4. The molecule has 0 saturated carbocycles. The number of H-pyrrole nitrogens is 1. The Hall–Kier alpha value is -2.88. The molecule has 0 bridgehead atoms. The first-order valence-corrected chi connectivity index (χ1v) is 11.1. The van der Waals surface area contributed by atoms with Crippen molar-refractivity contribution in [2.45, 2.75) is 18.6 Å². The maximum Gasteiger partial charge on any atom is 0.449 e. The molecule has 1 aromatic heterocycles. The average Bonchev–Trinajstić information content (AvgIpc) is 3.29.